The fraction of sp³-hybridized carbons (Fsp3) is 0.762. The number of hydrogen-bond donors (Lipinski definition) is 5. The molecule has 0 bridgehead atoms. The third-order valence-corrected chi connectivity index (χ3v) is 8.86. The Kier molecular flexibility index (Phi) is 9.26. The lowest BCUT2D eigenvalue weighted by Gasteiger charge is -2.38. The van der Waals surface area contributed by atoms with E-state index in [4.69, 9.17) is 19.7 Å². The molecule has 0 amide bonds. The lowest BCUT2D eigenvalue weighted by Crippen LogP contribution is -2.40. The number of nitrogens with zero attached hydrogens (tertiary/aromatic N) is 2. The molecule has 35 heavy (non-hydrogen) atoms. The van der Waals surface area contributed by atoms with E-state index in [2.05, 4.69) is 4.98 Å². The zero-order chi connectivity index (χ0) is 26.8. The minimum Gasteiger partial charge on any atom is -0.461 e. The number of carbonyl (C=O) groups is 1. The molecule has 2 rings (SSSR count). The highest BCUT2D eigenvalue weighted by Gasteiger charge is 2.51. The van der Waals surface area contributed by atoms with Gasteiger partial charge in [-0.25, -0.2) is 4.79 Å². The summed E-state index contributed by atoms with van der Waals surface area (Å²) in [5.41, 5.74) is 3.73. The van der Waals surface area contributed by atoms with Crippen LogP contribution in [0.25, 0.3) is 0 Å². The van der Waals surface area contributed by atoms with Crippen molar-refractivity contribution in [1.82, 2.24) is 9.55 Å². The molecule has 2 heterocycles. The van der Waals surface area contributed by atoms with Crippen molar-refractivity contribution in [3.05, 3.63) is 22.2 Å². The highest BCUT2D eigenvalue weighted by atomic mass is 31.2. The third kappa shape index (κ3) is 6.29. The first-order valence-corrected chi connectivity index (χ1v) is 13.0. The van der Waals surface area contributed by atoms with Crippen LogP contribution in [-0.4, -0.2) is 65.0 Å². The van der Waals surface area contributed by atoms with Crippen molar-refractivity contribution in [2.75, 3.05) is 5.73 Å². The molecule has 1 aromatic rings. The molecule has 14 heteroatoms. The van der Waals surface area contributed by atoms with Crippen molar-refractivity contribution in [2.24, 2.45) is 0 Å². The Morgan fingerprint density at radius 1 is 1.26 bits per heavy atom. The largest absolute Gasteiger partial charge is 0.461 e. The number of anilines is 1. The Balaban J connectivity index is 2.30. The predicted molar refractivity (Wildman–Crippen MR) is 124 cm³/mol. The number of hydrogen-bond acceptors (Lipinski definition) is 11. The number of nitrogen functional groups attached to an aromatic ring is 1. The van der Waals surface area contributed by atoms with Gasteiger partial charge in [0.1, 0.15) is 24.6 Å². The quantitative estimate of drug-likeness (QED) is 0.202. The van der Waals surface area contributed by atoms with E-state index < -0.39 is 54.7 Å². The lowest BCUT2D eigenvalue weighted by atomic mass is 9.93. The zero-order valence-corrected chi connectivity index (χ0v) is 21.5. The average molecular weight is 522 g/mol. The smallest absolute Gasteiger partial charge is 0.359 e. The summed E-state index contributed by atoms with van der Waals surface area (Å²) in [6, 6.07) is 0. The van der Waals surface area contributed by atoms with Crippen LogP contribution in [0, 0.1) is 0 Å². The van der Waals surface area contributed by atoms with Gasteiger partial charge in [-0.1, -0.05) is 20.8 Å². The minimum absolute atomic E-state index is 0.0108. The molecule has 0 radical (unpaired) electrons. The Morgan fingerprint density at radius 2 is 1.86 bits per heavy atom. The molecular weight excluding hydrogens is 485 g/mol. The Morgan fingerprint density at radius 3 is 2.37 bits per heavy atom. The van der Waals surface area contributed by atoms with Gasteiger partial charge in [0.15, 0.2) is 11.6 Å². The van der Waals surface area contributed by atoms with E-state index in [9.17, 15) is 34.4 Å². The van der Waals surface area contributed by atoms with Crippen molar-refractivity contribution < 1.29 is 43.6 Å². The molecule has 1 fully saturated rings. The maximum atomic E-state index is 12.9. The van der Waals surface area contributed by atoms with Crippen molar-refractivity contribution in [3.63, 3.8) is 0 Å². The first-order chi connectivity index (χ1) is 16.1. The molecule has 6 atom stereocenters. The SMILES string of the molecule is CCC(C)(C[C@H]1O[C@@H](n2cc(COC(C)=O)c(N)nc2=O)[C@H](O)[C@@H]1O)OP(=O)(O)C(O)(CC)CC. The van der Waals surface area contributed by atoms with Crippen LogP contribution in [-0.2, 0) is 30.0 Å². The molecule has 0 aromatic carbocycles. The van der Waals surface area contributed by atoms with Gasteiger partial charge in [0, 0.05) is 25.1 Å². The molecule has 13 nitrogen and oxygen atoms in total. The van der Waals surface area contributed by atoms with Gasteiger partial charge in [-0.05, 0) is 26.2 Å². The predicted octanol–water partition coefficient (Wildman–Crippen LogP) is 0.777. The van der Waals surface area contributed by atoms with Crippen molar-refractivity contribution in [2.45, 2.75) is 102 Å². The van der Waals surface area contributed by atoms with Crippen molar-refractivity contribution in [3.8, 4) is 0 Å². The molecule has 0 spiro atoms. The second-order valence-corrected chi connectivity index (χ2v) is 11.0. The first kappa shape index (κ1) is 29.4. The van der Waals surface area contributed by atoms with Crippen LogP contribution >= 0.6 is 7.60 Å². The number of nitrogens with two attached hydrogens (primary N) is 1. The summed E-state index contributed by atoms with van der Waals surface area (Å²) in [5.74, 6) is -0.741. The molecular formula is C21H36N3O10P. The van der Waals surface area contributed by atoms with E-state index in [-0.39, 0.29) is 43.7 Å². The molecule has 1 aromatic heterocycles. The number of aliphatic hydroxyl groups excluding tert-OH is 2. The van der Waals surface area contributed by atoms with Crippen LogP contribution in [0.5, 0.6) is 0 Å². The Bertz CT molecular complexity index is 1010. The standard InChI is InChI=1S/C21H36N3O10P/c1-6-20(5,34-35(30,31)21(29,7-2)8-3)9-14-15(26)16(27)18(33-14)24-10-13(11-32-12(4)25)17(22)23-19(24)28/h10,14-16,18,26-27,29H,6-9,11H2,1-5H3,(H,30,31)(H2,22,23,28)/t14-,15-,16-,18-,20?/m1/s1. The van der Waals surface area contributed by atoms with Gasteiger partial charge in [0.2, 0.25) is 0 Å². The summed E-state index contributed by atoms with van der Waals surface area (Å²) in [5, 5.41) is 29.9. The first-order valence-electron chi connectivity index (χ1n) is 11.4. The summed E-state index contributed by atoms with van der Waals surface area (Å²) >= 11 is 0. The number of ether oxygens (including phenoxy) is 2. The molecule has 1 aliphatic rings. The summed E-state index contributed by atoms with van der Waals surface area (Å²) in [4.78, 5) is 37.8. The summed E-state index contributed by atoms with van der Waals surface area (Å²) in [6.45, 7) is 7.29. The van der Waals surface area contributed by atoms with Gasteiger partial charge >= 0.3 is 19.3 Å². The summed E-state index contributed by atoms with van der Waals surface area (Å²) in [6.07, 6.45) is -4.23. The van der Waals surface area contributed by atoms with E-state index in [1.165, 1.54) is 20.0 Å². The molecule has 6 N–H and O–H groups in total. The van der Waals surface area contributed by atoms with Gasteiger partial charge in [0.05, 0.1) is 11.7 Å². The molecule has 1 saturated heterocycles. The van der Waals surface area contributed by atoms with Crippen LogP contribution in [0.4, 0.5) is 5.82 Å². The summed E-state index contributed by atoms with van der Waals surface area (Å²) < 4.78 is 30.1. The minimum atomic E-state index is -4.52. The zero-order valence-electron chi connectivity index (χ0n) is 20.6. The van der Waals surface area contributed by atoms with Crippen molar-refractivity contribution in [1.29, 1.82) is 0 Å². The van der Waals surface area contributed by atoms with Gasteiger partial charge < -0.3 is 39.9 Å². The van der Waals surface area contributed by atoms with Crippen LogP contribution < -0.4 is 11.4 Å². The van der Waals surface area contributed by atoms with Crippen molar-refractivity contribution >= 4 is 19.4 Å². The Labute approximate surface area is 203 Å². The highest BCUT2D eigenvalue weighted by molar-refractivity contribution is 7.54. The maximum Gasteiger partial charge on any atom is 0.359 e. The van der Waals surface area contributed by atoms with E-state index in [1.807, 2.05) is 0 Å². The highest BCUT2D eigenvalue weighted by Crippen LogP contribution is 2.60. The number of carbonyl (C=O) groups excluding carboxylic acids is 1. The molecule has 1 aliphatic heterocycles. The van der Waals surface area contributed by atoms with Gasteiger partial charge in [-0.3, -0.25) is 13.9 Å². The lowest BCUT2D eigenvalue weighted by molar-refractivity contribution is -0.142. The van der Waals surface area contributed by atoms with Gasteiger partial charge in [-0.2, -0.15) is 4.98 Å². The fourth-order valence-corrected chi connectivity index (χ4v) is 5.60. The molecule has 2 unspecified atom stereocenters. The van der Waals surface area contributed by atoms with E-state index in [0.717, 1.165) is 4.57 Å². The third-order valence-electron chi connectivity index (χ3n) is 6.49. The van der Waals surface area contributed by atoms with E-state index in [1.54, 1.807) is 20.8 Å². The normalized spacial score (nSPS) is 26.2. The molecule has 0 aliphatic carbocycles. The van der Waals surface area contributed by atoms with Crippen LogP contribution in [0.2, 0.25) is 0 Å². The number of esters is 1. The van der Waals surface area contributed by atoms with Crippen LogP contribution in [0.1, 0.15) is 72.1 Å². The average Bonchev–Trinajstić information content (AvgIpc) is 3.05. The van der Waals surface area contributed by atoms with Crippen LogP contribution in [0.3, 0.4) is 0 Å². The van der Waals surface area contributed by atoms with E-state index in [0.29, 0.717) is 0 Å². The summed E-state index contributed by atoms with van der Waals surface area (Å²) in [7, 11) is -4.52. The number of aliphatic hydroxyl groups is 3. The molecule has 200 valence electrons. The number of aromatic nitrogens is 2. The monoisotopic (exact) mass is 521 g/mol. The second kappa shape index (κ2) is 11.0. The van der Waals surface area contributed by atoms with E-state index >= 15 is 0 Å². The van der Waals surface area contributed by atoms with Gasteiger partial charge in [-0.15, -0.1) is 0 Å². The molecule has 0 saturated carbocycles. The fourth-order valence-electron chi connectivity index (χ4n) is 3.83. The van der Waals surface area contributed by atoms with Crippen LogP contribution in [0.15, 0.2) is 11.0 Å². The maximum absolute atomic E-state index is 12.9. The topological polar surface area (TPSA) is 204 Å². The second-order valence-electron chi connectivity index (χ2n) is 8.98. The Hall–Kier alpha value is -1.86. The van der Waals surface area contributed by atoms with Gasteiger partial charge in [0.25, 0.3) is 0 Å². The number of rotatable bonds is 11.